The highest BCUT2D eigenvalue weighted by Gasteiger charge is 2.18. The lowest BCUT2D eigenvalue weighted by molar-refractivity contribution is -0.463. The highest BCUT2D eigenvalue weighted by Crippen LogP contribution is 2.44. The van der Waals surface area contributed by atoms with E-state index in [0.717, 1.165) is 0 Å². The molecular weight excluding hydrogens is 332 g/mol. The third-order valence-electron chi connectivity index (χ3n) is 2.32. The second-order valence-corrected chi connectivity index (χ2v) is 4.28. The average molecular weight is 347 g/mol. The van der Waals surface area contributed by atoms with Gasteiger partial charge >= 0.3 is 5.96 Å². The van der Waals surface area contributed by atoms with E-state index in [4.69, 9.17) is 25.7 Å². The SMILES string of the molecule is COc1cc(C=N[N+]([O-])=C(N)N)c(Br)c(OC)c1OC. The smallest absolute Gasteiger partial charge is 0.366 e. The first-order chi connectivity index (χ1) is 9.46. The Morgan fingerprint density at radius 2 is 1.85 bits per heavy atom. The lowest BCUT2D eigenvalue weighted by Crippen LogP contribution is -2.30. The van der Waals surface area contributed by atoms with Crippen molar-refractivity contribution in [1.29, 1.82) is 0 Å². The van der Waals surface area contributed by atoms with Crippen LogP contribution < -0.4 is 25.7 Å². The Hall–Kier alpha value is -2.16. The van der Waals surface area contributed by atoms with Crippen molar-refractivity contribution in [2.24, 2.45) is 16.6 Å². The fourth-order valence-corrected chi connectivity index (χ4v) is 1.97. The van der Waals surface area contributed by atoms with Crippen molar-refractivity contribution >= 4 is 28.1 Å². The number of nitrogens with zero attached hydrogens (tertiary/aromatic N) is 2. The number of halogens is 1. The van der Waals surface area contributed by atoms with Gasteiger partial charge < -0.3 is 19.4 Å². The highest BCUT2D eigenvalue weighted by atomic mass is 79.9. The van der Waals surface area contributed by atoms with Crippen molar-refractivity contribution in [3.05, 3.63) is 21.3 Å². The summed E-state index contributed by atoms with van der Waals surface area (Å²) in [4.78, 5) is 0.0929. The van der Waals surface area contributed by atoms with Gasteiger partial charge in [-0.15, -0.1) is 9.95 Å². The van der Waals surface area contributed by atoms with Gasteiger partial charge in [-0.1, -0.05) is 0 Å². The first-order valence-electron chi connectivity index (χ1n) is 5.33. The Kier molecular flexibility index (Phi) is 5.44. The Morgan fingerprint density at radius 3 is 2.30 bits per heavy atom. The van der Waals surface area contributed by atoms with Crippen LogP contribution in [0.2, 0.25) is 0 Å². The van der Waals surface area contributed by atoms with Crippen LogP contribution in [0.25, 0.3) is 0 Å². The third kappa shape index (κ3) is 3.23. The van der Waals surface area contributed by atoms with E-state index in [0.29, 0.717) is 27.3 Å². The fraction of sp³-hybridized carbons (Fsp3) is 0.273. The van der Waals surface area contributed by atoms with Crippen LogP contribution in [0.5, 0.6) is 17.2 Å². The molecule has 20 heavy (non-hydrogen) atoms. The molecule has 0 heterocycles. The molecule has 4 N–H and O–H groups in total. The number of hydrogen-bond acceptors (Lipinski definition) is 5. The first-order valence-corrected chi connectivity index (χ1v) is 6.13. The zero-order chi connectivity index (χ0) is 15.3. The predicted molar refractivity (Wildman–Crippen MR) is 78.4 cm³/mol. The summed E-state index contributed by atoms with van der Waals surface area (Å²) < 4.78 is 16.2. The van der Waals surface area contributed by atoms with E-state index in [1.165, 1.54) is 27.5 Å². The van der Waals surface area contributed by atoms with Crippen LogP contribution in [0.4, 0.5) is 0 Å². The predicted octanol–water partition coefficient (Wildman–Crippen LogP) is 0.593. The largest absolute Gasteiger partial charge is 0.722 e. The monoisotopic (exact) mass is 346 g/mol. The van der Waals surface area contributed by atoms with Gasteiger partial charge in [0.25, 0.3) is 0 Å². The summed E-state index contributed by atoms with van der Waals surface area (Å²) in [6, 6.07) is 1.62. The Balaban J connectivity index is 3.39. The summed E-state index contributed by atoms with van der Waals surface area (Å²) in [5, 5.41) is 14.7. The molecule has 0 spiro atoms. The van der Waals surface area contributed by atoms with Crippen LogP contribution in [0.15, 0.2) is 15.6 Å². The van der Waals surface area contributed by atoms with Crippen molar-refractivity contribution < 1.29 is 19.1 Å². The minimum Gasteiger partial charge on any atom is -0.722 e. The number of methoxy groups -OCH3 is 3. The number of nitrogens with two attached hydrogens (primary N) is 2. The summed E-state index contributed by atoms with van der Waals surface area (Å²) in [5.74, 6) is 0.791. The molecule has 1 rings (SSSR count). The van der Waals surface area contributed by atoms with Gasteiger partial charge in [-0.25, -0.2) is 0 Å². The molecule has 0 aliphatic rings. The van der Waals surface area contributed by atoms with Gasteiger partial charge in [0, 0.05) is 5.56 Å². The van der Waals surface area contributed by atoms with Gasteiger partial charge in [0.15, 0.2) is 11.5 Å². The van der Waals surface area contributed by atoms with E-state index in [9.17, 15) is 5.21 Å². The summed E-state index contributed by atoms with van der Waals surface area (Å²) >= 11 is 3.34. The molecule has 0 unspecified atom stereocenters. The normalized spacial score (nSPS) is 10.4. The second kappa shape index (κ2) is 6.85. The molecule has 0 fully saturated rings. The second-order valence-electron chi connectivity index (χ2n) is 3.49. The Morgan fingerprint density at radius 1 is 1.25 bits per heavy atom. The average Bonchev–Trinajstić information content (AvgIpc) is 2.44. The van der Waals surface area contributed by atoms with Crippen LogP contribution in [-0.2, 0) is 0 Å². The molecule has 110 valence electrons. The molecule has 0 amide bonds. The number of guanidine groups is 1. The molecule has 0 saturated heterocycles. The Bertz CT molecular complexity index is 556. The molecule has 0 atom stereocenters. The number of hydrogen-bond donors (Lipinski definition) is 2. The molecule has 9 heteroatoms. The van der Waals surface area contributed by atoms with Gasteiger partial charge in [-0.05, 0) is 22.0 Å². The van der Waals surface area contributed by atoms with Gasteiger partial charge in [-0.2, -0.15) is 0 Å². The minimum atomic E-state index is -0.468. The van der Waals surface area contributed by atoms with Crippen molar-refractivity contribution in [2.45, 2.75) is 0 Å². The zero-order valence-corrected chi connectivity index (χ0v) is 12.8. The third-order valence-corrected chi connectivity index (χ3v) is 3.14. The summed E-state index contributed by atoms with van der Waals surface area (Å²) in [5.41, 5.74) is 10.7. The maximum Gasteiger partial charge on any atom is 0.366 e. The van der Waals surface area contributed by atoms with Gasteiger partial charge in [0.05, 0.1) is 32.0 Å². The molecule has 8 nitrogen and oxygen atoms in total. The zero-order valence-electron chi connectivity index (χ0n) is 11.2. The molecule has 1 aromatic carbocycles. The molecule has 0 aliphatic heterocycles. The number of rotatable bonds is 5. The van der Waals surface area contributed by atoms with E-state index in [2.05, 4.69) is 21.0 Å². The first kappa shape index (κ1) is 15.9. The molecule has 0 aromatic heterocycles. The minimum absolute atomic E-state index is 0.0929. The van der Waals surface area contributed by atoms with E-state index >= 15 is 0 Å². The summed E-state index contributed by atoms with van der Waals surface area (Å²) in [6.07, 6.45) is 1.27. The standard InChI is InChI=1S/C11H15BrN4O4/c1-18-7-4-6(5-15-16(17)11(13)14)8(12)10(20-3)9(7)19-2/h4-5H,13-14H2,1-3H3. The fourth-order valence-electron chi connectivity index (χ4n) is 1.42. The molecule has 0 bridgehead atoms. The molecule has 0 aliphatic carbocycles. The van der Waals surface area contributed by atoms with Crippen molar-refractivity contribution in [2.75, 3.05) is 21.3 Å². The lowest BCUT2D eigenvalue weighted by atomic mass is 10.2. The molecule has 0 radical (unpaired) electrons. The maximum absolute atomic E-state index is 11.2. The number of benzene rings is 1. The highest BCUT2D eigenvalue weighted by molar-refractivity contribution is 9.10. The van der Waals surface area contributed by atoms with Crippen LogP contribution >= 0.6 is 15.9 Å². The van der Waals surface area contributed by atoms with E-state index < -0.39 is 5.96 Å². The van der Waals surface area contributed by atoms with E-state index in [-0.39, 0.29) is 4.85 Å². The van der Waals surface area contributed by atoms with Crippen molar-refractivity contribution in [3.63, 3.8) is 0 Å². The van der Waals surface area contributed by atoms with Gasteiger partial charge in [0.1, 0.15) is 0 Å². The Labute approximate surface area is 124 Å². The maximum atomic E-state index is 11.2. The summed E-state index contributed by atoms with van der Waals surface area (Å²) in [6.45, 7) is 0. The molecule has 1 aromatic rings. The quantitative estimate of drug-likeness (QED) is 0.265. The van der Waals surface area contributed by atoms with Gasteiger partial charge in [0.2, 0.25) is 5.75 Å². The molecule has 0 saturated carbocycles. The van der Waals surface area contributed by atoms with Crippen molar-refractivity contribution in [1.82, 2.24) is 0 Å². The van der Waals surface area contributed by atoms with Crippen LogP contribution in [0, 0.1) is 5.21 Å². The number of hydrazone groups is 1. The summed E-state index contributed by atoms with van der Waals surface area (Å²) in [7, 11) is 4.45. The van der Waals surface area contributed by atoms with Crippen LogP contribution in [0.1, 0.15) is 5.56 Å². The topological polar surface area (TPSA) is 118 Å². The van der Waals surface area contributed by atoms with Crippen LogP contribution in [0.3, 0.4) is 0 Å². The lowest BCUT2D eigenvalue weighted by Gasteiger charge is -2.15. The number of ether oxygens (including phenoxy) is 3. The van der Waals surface area contributed by atoms with Gasteiger partial charge in [-0.3, -0.25) is 11.5 Å². The molecular formula is C11H15BrN4O4. The van der Waals surface area contributed by atoms with Crippen LogP contribution in [-0.4, -0.2) is 38.4 Å². The van der Waals surface area contributed by atoms with E-state index in [1.54, 1.807) is 6.07 Å². The van der Waals surface area contributed by atoms with E-state index in [1.807, 2.05) is 0 Å². The van der Waals surface area contributed by atoms with Crippen molar-refractivity contribution in [3.8, 4) is 17.2 Å².